The van der Waals surface area contributed by atoms with Gasteiger partial charge in [0.05, 0.1) is 0 Å². The first-order valence-corrected chi connectivity index (χ1v) is 16.3. The molecule has 45 heavy (non-hydrogen) atoms. The van der Waals surface area contributed by atoms with Crippen LogP contribution in [-0.4, -0.2) is 73.3 Å². The Morgan fingerprint density at radius 3 is 1.29 bits per heavy atom. The lowest BCUT2D eigenvalue weighted by atomic mass is 9.99. The largest absolute Gasteiger partial charge is 0.340 e. The third kappa shape index (κ3) is 7.98. The summed E-state index contributed by atoms with van der Waals surface area (Å²) in [4.78, 5) is 4.63. The van der Waals surface area contributed by atoms with E-state index in [2.05, 4.69) is 99.3 Å². The molecule has 10 N–H and O–H groups in total. The van der Waals surface area contributed by atoms with Crippen LogP contribution in [0.15, 0.2) is 84.9 Å². The van der Waals surface area contributed by atoms with Gasteiger partial charge in [-0.25, -0.2) is 0 Å². The molecule has 5 aromatic rings. The molecular weight excluding hydrogens is 556 g/mol. The fraction of sp³-hybridized carbons (Fsp3) is 0.351. The SMILES string of the molecule is NCCCn1c2cc(-c3cccc(CN(CCN)CCN)c3)ccc2c2ccc(-c3cccc(CN(CCN)CCN)c3)cc21. The van der Waals surface area contributed by atoms with E-state index in [1.807, 2.05) is 0 Å². The van der Waals surface area contributed by atoms with Crippen molar-refractivity contribution in [3.05, 3.63) is 96.1 Å². The number of aromatic nitrogens is 1. The van der Waals surface area contributed by atoms with Crippen molar-refractivity contribution in [2.75, 3.05) is 58.9 Å². The Labute approximate surface area is 267 Å². The van der Waals surface area contributed by atoms with Crippen molar-refractivity contribution in [3.8, 4) is 22.3 Å². The molecule has 0 aliphatic rings. The van der Waals surface area contributed by atoms with Crippen molar-refractivity contribution in [3.63, 3.8) is 0 Å². The zero-order valence-electron chi connectivity index (χ0n) is 26.5. The van der Waals surface area contributed by atoms with Crippen LogP contribution in [0, 0.1) is 0 Å². The van der Waals surface area contributed by atoms with Gasteiger partial charge in [-0.2, -0.15) is 0 Å². The first kappa shape index (κ1) is 32.8. The highest BCUT2D eigenvalue weighted by Crippen LogP contribution is 2.35. The van der Waals surface area contributed by atoms with Crippen LogP contribution in [0.5, 0.6) is 0 Å². The van der Waals surface area contributed by atoms with Gasteiger partial charge in [0.25, 0.3) is 0 Å². The highest BCUT2D eigenvalue weighted by atomic mass is 15.1. The maximum absolute atomic E-state index is 6.02. The standard InChI is InChI=1S/C37H50N8/c38-12-3-17-45-36-24-32(30-6-1-4-28(22-30)26-43(18-13-39)19-14-40)8-10-34(36)35-11-9-33(25-37(35)45)31-7-2-5-29(23-31)27-44(20-15-41)21-16-42/h1-2,4-11,22-25H,3,12-21,26-27,38-42H2. The van der Waals surface area contributed by atoms with Crippen molar-refractivity contribution in [1.29, 1.82) is 0 Å². The van der Waals surface area contributed by atoms with Crippen molar-refractivity contribution < 1.29 is 0 Å². The Morgan fingerprint density at radius 2 is 0.889 bits per heavy atom. The normalized spacial score (nSPS) is 11.9. The number of aryl methyl sites for hydroxylation is 1. The molecule has 0 aliphatic heterocycles. The van der Waals surface area contributed by atoms with Gasteiger partial charge in [0, 0.05) is 93.8 Å². The molecule has 238 valence electrons. The zero-order chi connectivity index (χ0) is 31.6. The predicted octanol–water partition coefficient (Wildman–Crippen LogP) is 3.92. The zero-order valence-corrected chi connectivity index (χ0v) is 26.5. The average molecular weight is 607 g/mol. The van der Waals surface area contributed by atoms with E-state index in [0.29, 0.717) is 32.7 Å². The van der Waals surface area contributed by atoms with E-state index in [1.54, 1.807) is 0 Å². The number of hydrogen-bond donors (Lipinski definition) is 5. The van der Waals surface area contributed by atoms with Gasteiger partial charge in [0.2, 0.25) is 0 Å². The lowest BCUT2D eigenvalue weighted by molar-refractivity contribution is 0.281. The number of rotatable bonds is 17. The molecule has 0 spiro atoms. The molecular formula is C37H50N8. The first-order valence-electron chi connectivity index (χ1n) is 16.3. The second kappa shape index (κ2) is 16.1. The number of benzene rings is 4. The van der Waals surface area contributed by atoms with Crippen LogP contribution < -0.4 is 28.7 Å². The first-order chi connectivity index (χ1) is 22.1. The molecule has 8 nitrogen and oxygen atoms in total. The molecule has 0 saturated heterocycles. The molecule has 4 aromatic carbocycles. The van der Waals surface area contributed by atoms with Crippen LogP contribution in [0.3, 0.4) is 0 Å². The Kier molecular flexibility index (Phi) is 11.7. The third-order valence-corrected chi connectivity index (χ3v) is 8.57. The lowest BCUT2D eigenvalue weighted by Crippen LogP contribution is -2.33. The molecule has 0 unspecified atom stereocenters. The van der Waals surface area contributed by atoms with Gasteiger partial charge in [-0.15, -0.1) is 0 Å². The molecule has 1 heterocycles. The third-order valence-electron chi connectivity index (χ3n) is 8.57. The number of fused-ring (bicyclic) bond motifs is 3. The van der Waals surface area contributed by atoms with Crippen LogP contribution >= 0.6 is 0 Å². The van der Waals surface area contributed by atoms with Crippen LogP contribution in [0.25, 0.3) is 44.1 Å². The maximum Gasteiger partial charge on any atom is 0.0497 e. The Balaban J connectivity index is 1.51. The minimum atomic E-state index is 0.624. The monoisotopic (exact) mass is 606 g/mol. The summed E-state index contributed by atoms with van der Waals surface area (Å²) < 4.78 is 2.45. The van der Waals surface area contributed by atoms with Crippen LogP contribution in [0.2, 0.25) is 0 Å². The molecule has 0 radical (unpaired) electrons. The topological polar surface area (TPSA) is 142 Å². The smallest absolute Gasteiger partial charge is 0.0497 e. The second-order valence-electron chi connectivity index (χ2n) is 11.9. The van der Waals surface area contributed by atoms with Crippen LogP contribution in [0.1, 0.15) is 17.5 Å². The Morgan fingerprint density at radius 1 is 0.467 bits per heavy atom. The predicted molar refractivity (Wildman–Crippen MR) is 191 cm³/mol. The number of nitrogens with two attached hydrogens (primary N) is 5. The van der Waals surface area contributed by atoms with Gasteiger partial charge >= 0.3 is 0 Å². The molecule has 0 aliphatic carbocycles. The number of hydrogen-bond acceptors (Lipinski definition) is 7. The summed E-state index contributed by atoms with van der Waals surface area (Å²) in [6.45, 7) is 9.02. The van der Waals surface area contributed by atoms with Gasteiger partial charge in [0.15, 0.2) is 0 Å². The van der Waals surface area contributed by atoms with E-state index >= 15 is 0 Å². The summed E-state index contributed by atoms with van der Waals surface area (Å²) in [6, 6.07) is 31.4. The summed E-state index contributed by atoms with van der Waals surface area (Å²) in [5, 5.41) is 2.53. The molecule has 0 amide bonds. The fourth-order valence-electron chi connectivity index (χ4n) is 6.43. The molecule has 5 rings (SSSR count). The molecule has 0 bridgehead atoms. The van der Waals surface area contributed by atoms with Crippen LogP contribution in [0.4, 0.5) is 0 Å². The summed E-state index contributed by atoms with van der Waals surface area (Å²) >= 11 is 0. The van der Waals surface area contributed by atoms with Gasteiger partial charge in [-0.3, -0.25) is 9.80 Å². The quantitative estimate of drug-likeness (QED) is 0.108. The highest BCUT2D eigenvalue weighted by Gasteiger charge is 2.14. The average Bonchev–Trinajstić information content (AvgIpc) is 3.36. The van der Waals surface area contributed by atoms with E-state index in [1.165, 1.54) is 55.2 Å². The van der Waals surface area contributed by atoms with Crippen molar-refractivity contribution >= 4 is 21.8 Å². The summed E-state index contributed by atoms with van der Waals surface area (Å²) in [5.74, 6) is 0. The molecule has 0 fully saturated rings. The van der Waals surface area contributed by atoms with Gasteiger partial charge in [0.1, 0.15) is 0 Å². The van der Waals surface area contributed by atoms with Gasteiger partial charge in [-0.1, -0.05) is 60.7 Å². The van der Waals surface area contributed by atoms with E-state index < -0.39 is 0 Å². The van der Waals surface area contributed by atoms with E-state index in [0.717, 1.165) is 52.2 Å². The summed E-state index contributed by atoms with van der Waals surface area (Å²) in [5.41, 5.74) is 39.3. The minimum absolute atomic E-state index is 0.624. The Bertz CT molecular complexity index is 1550. The second-order valence-corrected chi connectivity index (χ2v) is 11.9. The molecule has 1 aromatic heterocycles. The van der Waals surface area contributed by atoms with Crippen molar-refractivity contribution in [2.45, 2.75) is 26.1 Å². The van der Waals surface area contributed by atoms with E-state index in [9.17, 15) is 0 Å². The maximum atomic E-state index is 6.02. The minimum Gasteiger partial charge on any atom is -0.340 e. The van der Waals surface area contributed by atoms with Crippen molar-refractivity contribution in [1.82, 2.24) is 14.4 Å². The fourth-order valence-corrected chi connectivity index (χ4v) is 6.43. The molecule has 0 atom stereocenters. The Hall–Kier alpha value is -3.60. The van der Waals surface area contributed by atoms with Crippen molar-refractivity contribution in [2.24, 2.45) is 28.7 Å². The molecule has 0 saturated carbocycles. The lowest BCUT2D eigenvalue weighted by Gasteiger charge is -2.21. The summed E-state index contributed by atoms with van der Waals surface area (Å²) in [6.07, 6.45) is 0.911. The highest BCUT2D eigenvalue weighted by molar-refractivity contribution is 6.10. The van der Waals surface area contributed by atoms with Gasteiger partial charge < -0.3 is 33.2 Å². The molecule has 8 heteroatoms. The number of nitrogens with zero attached hydrogens (tertiary/aromatic N) is 3. The van der Waals surface area contributed by atoms with Gasteiger partial charge in [-0.05, 0) is 70.6 Å². The summed E-state index contributed by atoms with van der Waals surface area (Å²) in [7, 11) is 0. The van der Waals surface area contributed by atoms with Crippen LogP contribution in [-0.2, 0) is 19.6 Å². The van der Waals surface area contributed by atoms with E-state index in [4.69, 9.17) is 28.7 Å². The van der Waals surface area contributed by atoms with E-state index in [-0.39, 0.29) is 0 Å².